The van der Waals surface area contributed by atoms with Gasteiger partial charge in [0.25, 0.3) is 0 Å². The van der Waals surface area contributed by atoms with Gasteiger partial charge in [-0.3, -0.25) is 4.98 Å². The fraction of sp³-hybridized carbons (Fsp3) is 0. The molecule has 0 radical (unpaired) electrons. The highest BCUT2D eigenvalue weighted by molar-refractivity contribution is 5.85. The maximum Gasteiger partial charge on any atom is 0.354 e. The van der Waals surface area contributed by atoms with E-state index in [-0.39, 0.29) is 5.69 Å². The van der Waals surface area contributed by atoms with Crippen LogP contribution in [-0.4, -0.2) is 26.0 Å². The summed E-state index contributed by atoms with van der Waals surface area (Å²) in [5.41, 5.74) is -0.0357. The van der Waals surface area contributed by atoms with Crippen LogP contribution in [0.4, 0.5) is 0 Å². The molecular weight excluding hydrogens is 210 g/mol. The Labute approximate surface area is 90.6 Å². The van der Waals surface area contributed by atoms with Crippen LogP contribution >= 0.6 is 0 Å². The Kier molecular flexibility index (Phi) is 2.73. The summed E-state index contributed by atoms with van der Waals surface area (Å²) in [4.78, 5) is 22.0. The monoisotopic (exact) mass is 217 g/mol. The molecule has 0 unspecified atom stereocenters. The molecule has 0 aliphatic heterocycles. The summed E-state index contributed by atoms with van der Waals surface area (Å²) in [7, 11) is 0. The highest BCUT2D eigenvalue weighted by atomic mass is 16.5. The number of hydrogen-bond donors (Lipinski definition) is 1. The zero-order valence-corrected chi connectivity index (χ0v) is 8.07. The van der Waals surface area contributed by atoms with Gasteiger partial charge >= 0.3 is 5.97 Å². The van der Waals surface area contributed by atoms with Crippen molar-refractivity contribution in [1.29, 1.82) is 0 Å². The lowest BCUT2D eigenvalue weighted by atomic mass is 10.3. The Morgan fingerprint density at radius 1 is 1.19 bits per heavy atom. The van der Waals surface area contributed by atoms with E-state index in [2.05, 4.69) is 15.0 Å². The third-order valence-corrected chi connectivity index (χ3v) is 1.72. The highest BCUT2D eigenvalue weighted by Gasteiger charge is 2.04. The minimum atomic E-state index is -1.08. The molecule has 80 valence electrons. The number of hydrogen-bond acceptors (Lipinski definition) is 5. The van der Waals surface area contributed by atoms with Crippen molar-refractivity contribution in [3.63, 3.8) is 0 Å². The van der Waals surface area contributed by atoms with E-state index in [1.807, 2.05) is 0 Å². The summed E-state index contributed by atoms with van der Waals surface area (Å²) in [6.45, 7) is 0. The van der Waals surface area contributed by atoms with Gasteiger partial charge in [-0.25, -0.2) is 14.8 Å². The van der Waals surface area contributed by atoms with Crippen LogP contribution in [0.15, 0.2) is 36.9 Å². The van der Waals surface area contributed by atoms with E-state index < -0.39 is 5.97 Å². The van der Waals surface area contributed by atoms with Gasteiger partial charge in [0.05, 0.1) is 12.4 Å². The first-order valence-electron chi connectivity index (χ1n) is 4.39. The molecule has 0 aliphatic rings. The molecule has 16 heavy (non-hydrogen) atoms. The summed E-state index contributed by atoms with van der Waals surface area (Å²) in [5, 5.41) is 8.64. The van der Waals surface area contributed by atoms with E-state index >= 15 is 0 Å². The SMILES string of the molecule is O=C(O)c1ccc(Oc2cnccn2)cn1. The van der Waals surface area contributed by atoms with Gasteiger partial charge in [-0.15, -0.1) is 0 Å². The summed E-state index contributed by atoms with van der Waals surface area (Å²) >= 11 is 0. The van der Waals surface area contributed by atoms with Crippen LogP contribution in [0.25, 0.3) is 0 Å². The normalized spacial score (nSPS) is 9.75. The molecule has 0 fully saturated rings. The largest absolute Gasteiger partial charge is 0.477 e. The molecule has 6 heteroatoms. The van der Waals surface area contributed by atoms with Crippen LogP contribution in [0.1, 0.15) is 10.5 Å². The molecule has 0 aromatic carbocycles. The topological polar surface area (TPSA) is 85.2 Å². The zero-order chi connectivity index (χ0) is 11.4. The van der Waals surface area contributed by atoms with Gasteiger partial charge in [0.2, 0.25) is 5.88 Å². The van der Waals surface area contributed by atoms with Crippen LogP contribution in [0.5, 0.6) is 11.6 Å². The zero-order valence-electron chi connectivity index (χ0n) is 8.07. The van der Waals surface area contributed by atoms with Crippen molar-refractivity contribution in [3.05, 3.63) is 42.6 Å². The molecule has 0 amide bonds. The smallest absolute Gasteiger partial charge is 0.354 e. The minimum absolute atomic E-state index is 0.0357. The lowest BCUT2D eigenvalue weighted by Gasteiger charge is -2.02. The molecule has 2 aromatic rings. The van der Waals surface area contributed by atoms with Gasteiger partial charge in [0, 0.05) is 12.4 Å². The van der Waals surface area contributed by atoms with Crippen LogP contribution in [0.2, 0.25) is 0 Å². The molecule has 0 saturated heterocycles. The van der Waals surface area contributed by atoms with E-state index in [9.17, 15) is 4.79 Å². The molecular formula is C10H7N3O3. The van der Waals surface area contributed by atoms with Crippen LogP contribution < -0.4 is 4.74 Å². The Balaban J connectivity index is 2.14. The van der Waals surface area contributed by atoms with E-state index in [1.54, 1.807) is 0 Å². The van der Waals surface area contributed by atoms with Gasteiger partial charge in [0.15, 0.2) is 0 Å². The van der Waals surface area contributed by atoms with E-state index in [4.69, 9.17) is 9.84 Å². The maximum atomic E-state index is 10.5. The maximum absolute atomic E-state index is 10.5. The average molecular weight is 217 g/mol. The van der Waals surface area contributed by atoms with Crippen molar-refractivity contribution in [1.82, 2.24) is 15.0 Å². The fourth-order valence-corrected chi connectivity index (χ4v) is 1.03. The molecule has 2 rings (SSSR count). The molecule has 2 heterocycles. The van der Waals surface area contributed by atoms with Crippen molar-refractivity contribution >= 4 is 5.97 Å². The van der Waals surface area contributed by atoms with Crippen molar-refractivity contribution in [2.45, 2.75) is 0 Å². The van der Waals surface area contributed by atoms with Crippen molar-refractivity contribution in [2.75, 3.05) is 0 Å². The van der Waals surface area contributed by atoms with Gasteiger partial charge in [-0.05, 0) is 12.1 Å². The first-order chi connectivity index (χ1) is 7.75. The fourth-order valence-electron chi connectivity index (χ4n) is 1.03. The summed E-state index contributed by atoms with van der Waals surface area (Å²) in [5.74, 6) is -0.344. The molecule has 0 saturated carbocycles. The number of carboxylic acid groups (broad SMARTS) is 1. The summed E-state index contributed by atoms with van der Waals surface area (Å²) < 4.78 is 5.28. The third kappa shape index (κ3) is 2.30. The van der Waals surface area contributed by atoms with Crippen LogP contribution in [0, 0.1) is 0 Å². The molecule has 1 N–H and O–H groups in total. The lowest BCUT2D eigenvalue weighted by Crippen LogP contribution is -1.99. The van der Waals surface area contributed by atoms with Gasteiger partial charge in [-0.1, -0.05) is 0 Å². The number of pyridine rings is 1. The Hall–Kier alpha value is -2.50. The van der Waals surface area contributed by atoms with Crippen molar-refractivity contribution in [3.8, 4) is 11.6 Å². The van der Waals surface area contributed by atoms with E-state index in [0.29, 0.717) is 11.6 Å². The summed E-state index contributed by atoms with van der Waals surface area (Å²) in [6, 6.07) is 2.86. The highest BCUT2D eigenvalue weighted by Crippen LogP contribution is 2.16. The molecule has 0 spiro atoms. The second kappa shape index (κ2) is 4.35. The van der Waals surface area contributed by atoms with Crippen LogP contribution in [-0.2, 0) is 0 Å². The molecule has 0 bridgehead atoms. The Morgan fingerprint density at radius 2 is 2.06 bits per heavy atom. The lowest BCUT2D eigenvalue weighted by molar-refractivity contribution is 0.0690. The number of aromatic carboxylic acids is 1. The van der Waals surface area contributed by atoms with E-state index in [0.717, 1.165) is 0 Å². The quantitative estimate of drug-likeness (QED) is 0.835. The number of ether oxygens (including phenoxy) is 1. The first kappa shape index (κ1) is 10.0. The molecule has 2 aromatic heterocycles. The van der Waals surface area contributed by atoms with E-state index in [1.165, 1.54) is 36.9 Å². The molecule has 0 aliphatic carbocycles. The number of rotatable bonds is 3. The number of carboxylic acids is 1. The van der Waals surface area contributed by atoms with Gasteiger partial charge < -0.3 is 9.84 Å². The number of aromatic nitrogens is 3. The third-order valence-electron chi connectivity index (χ3n) is 1.72. The predicted octanol–water partition coefficient (Wildman–Crippen LogP) is 1.36. The standard InChI is InChI=1S/C10H7N3O3/c14-10(15)8-2-1-7(5-13-8)16-9-6-11-3-4-12-9/h1-6H,(H,14,15). The van der Waals surface area contributed by atoms with Crippen molar-refractivity contribution in [2.24, 2.45) is 0 Å². The van der Waals surface area contributed by atoms with Gasteiger partial charge in [0.1, 0.15) is 11.4 Å². The number of nitrogens with zero attached hydrogens (tertiary/aromatic N) is 3. The van der Waals surface area contributed by atoms with Crippen LogP contribution in [0.3, 0.4) is 0 Å². The minimum Gasteiger partial charge on any atom is -0.477 e. The van der Waals surface area contributed by atoms with Gasteiger partial charge in [-0.2, -0.15) is 0 Å². The summed E-state index contributed by atoms with van der Waals surface area (Å²) in [6.07, 6.45) is 5.79. The predicted molar refractivity (Wildman–Crippen MR) is 53.3 cm³/mol. The Bertz CT molecular complexity index is 484. The Morgan fingerprint density at radius 3 is 2.62 bits per heavy atom. The molecule has 6 nitrogen and oxygen atoms in total. The van der Waals surface area contributed by atoms with Crippen molar-refractivity contribution < 1.29 is 14.6 Å². The number of carbonyl (C=O) groups is 1. The molecule has 0 atom stereocenters. The average Bonchev–Trinajstić information content (AvgIpc) is 2.31. The second-order valence-corrected chi connectivity index (χ2v) is 2.83. The first-order valence-corrected chi connectivity index (χ1v) is 4.39. The second-order valence-electron chi connectivity index (χ2n) is 2.83.